The minimum atomic E-state index is -1.83. The molecule has 1 fully saturated rings. The summed E-state index contributed by atoms with van der Waals surface area (Å²) in [5, 5.41) is 49.8. The van der Waals surface area contributed by atoms with Gasteiger partial charge in [-0.3, -0.25) is 44.9 Å². The van der Waals surface area contributed by atoms with Gasteiger partial charge in [0.05, 0.1) is 0 Å². The number of fused-ring (bicyclic) bond motifs is 2. The van der Waals surface area contributed by atoms with Crippen LogP contribution >= 0.6 is 34.9 Å². The number of aromatic hydroxyl groups is 2. The number of benzene rings is 1. The fourth-order valence-corrected chi connectivity index (χ4v) is 8.25. The predicted octanol–water partition coefficient (Wildman–Crippen LogP) is -0.507. The van der Waals surface area contributed by atoms with E-state index in [1.54, 1.807) is 13.0 Å². The van der Waals surface area contributed by atoms with Gasteiger partial charge in [-0.15, -0.1) is 40.0 Å². The number of anilines is 1. The molecule has 57 heavy (non-hydrogen) atoms. The van der Waals surface area contributed by atoms with Crippen LogP contribution in [0.15, 0.2) is 51.1 Å². The third-order valence-electron chi connectivity index (χ3n) is 8.06. The number of nitrogen functional groups attached to an aromatic ring is 1. The number of thioether (sulfide) groups is 2. The van der Waals surface area contributed by atoms with Crippen molar-refractivity contribution in [3.8, 4) is 11.5 Å². The number of rotatable bonds is 12. The van der Waals surface area contributed by atoms with Crippen molar-refractivity contribution in [1.82, 2.24) is 51.1 Å². The maximum Gasteiger partial charge on any atom is 0.352 e. The number of amides is 5. The zero-order chi connectivity index (χ0) is 41.3. The Morgan fingerprint density at radius 1 is 1.09 bits per heavy atom. The van der Waals surface area contributed by atoms with Gasteiger partial charge in [-0.1, -0.05) is 5.16 Å². The second-order valence-electron chi connectivity index (χ2n) is 12.5. The Labute approximate surface area is 331 Å². The largest absolute Gasteiger partial charge is 0.504 e. The molecule has 298 valence electrons. The minimum Gasteiger partial charge on any atom is -0.504 e. The summed E-state index contributed by atoms with van der Waals surface area (Å²) in [6, 6.07) is 3.69. The van der Waals surface area contributed by atoms with E-state index in [0.29, 0.717) is 16.3 Å². The van der Waals surface area contributed by atoms with Crippen molar-refractivity contribution in [2.45, 2.75) is 42.8 Å². The van der Waals surface area contributed by atoms with E-state index in [-0.39, 0.29) is 45.2 Å². The van der Waals surface area contributed by atoms with Crippen LogP contribution < -0.4 is 27.4 Å². The molecular weight excluding hydrogens is 813 g/mol. The molecule has 6 rings (SSSR count). The van der Waals surface area contributed by atoms with Crippen LogP contribution in [-0.2, 0) is 24.0 Å². The number of aliphatic carboxylic acids is 1. The normalized spacial score (nSPS) is 16.7. The average Bonchev–Trinajstić information content (AvgIpc) is 3.81. The fourth-order valence-electron chi connectivity index (χ4n) is 5.17. The number of hydrazine groups is 1. The summed E-state index contributed by atoms with van der Waals surface area (Å²) < 4.78 is 1.26. The first kappa shape index (κ1) is 40.2. The first-order valence-electron chi connectivity index (χ1n) is 16.1. The smallest absolute Gasteiger partial charge is 0.352 e. The maximum absolute atomic E-state index is 13.7. The van der Waals surface area contributed by atoms with Crippen LogP contribution in [0.3, 0.4) is 0 Å². The van der Waals surface area contributed by atoms with Gasteiger partial charge in [0, 0.05) is 28.1 Å². The molecule has 2 aliphatic heterocycles. The summed E-state index contributed by atoms with van der Waals surface area (Å²) in [5.41, 5.74) is 9.68. The summed E-state index contributed by atoms with van der Waals surface area (Å²) in [7, 11) is 0. The second-order valence-corrected chi connectivity index (χ2v) is 15.4. The molecule has 23 nitrogen and oxygen atoms in total. The van der Waals surface area contributed by atoms with Crippen molar-refractivity contribution in [1.29, 1.82) is 0 Å². The third-order valence-corrected chi connectivity index (χ3v) is 11.2. The monoisotopic (exact) mass is 842 g/mol. The summed E-state index contributed by atoms with van der Waals surface area (Å²) in [4.78, 5) is 95.7. The van der Waals surface area contributed by atoms with Crippen LogP contribution in [0.4, 0.5) is 5.13 Å². The molecule has 1 aromatic carbocycles. The lowest BCUT2D eigenvalue weighted by Gasteiger charge is -2.49. The van der Waals surface area contributed by atoms with Gasteiger partial charge >= 0.3 is 11.9 Å². The number of oxime groups is 1. The topological polar surface area (TPSA) is 338 Å². The summed E-state index contributed by atoms with van der Waals surface area (Å²) in [6.07, 6.45) is 0. The molecule has 4 aromatic rings. The van der Waals surface area contributed by atoms with Crippen molar-refractivity contribution >= 4 is 87.0 Å². The van der Waals surface area contributed by atoms with E-state index in [9.17, 15) is 44.1 Å². The van der Waals surface area contributed by atoms with Gasteiger partial charge in [-0.2, -0.15) is 9.50 Å². The van der Waals surface area contributed by atoms with Gasteiger partial charge in [0.15, 0.2) is 22.3 Å². The number of nitrogens with zero attached hydrogens (tertiary/aromatic N) is 7. The Balaban J connectivity index is 1.15. The lowest BCUT2D eigenvalue weighted by atomic mass is 10.0. The van der Waals surface area contributed by atoms with E-state index in [4.69, 9.17) is 15.8 Å². The number of carbonyl (C=O) groups excluding carboxylic acids is 5. The summed E-state index contributed by atoms with van der Waals surface area (Å²) in [5.74, 6) is -6.84. The number of thiazole rings is 1. The van der Waals surface area contributed by atoms with E-state index in [2.05, 4.69) is 41.4 Å². The van der Waals surface area contributed by atoms with Gasteiger partial charge < -0.3 is 31.2 Å². The second kappa shape index (κ2) is 15.9. The van der Waals surface area contributed by atoms with E-state index >= 15 is 0 Å². The predicted molar refractivity (Wildman–Crippen MR) is 199 cm³/mol. The van der Waals surface area contributed by atoms with Crippen LogP contribution in [0, 0.1) is 6.92 Å². The number of phenols is 2. The van der Waals surface area contributed by atoms with Crippen LogP contribution in [-0.4, -0.2) is 120 Å². The molecule has 0 saturated carbocycles. The van der Waals surface area contributed by atoms with E-state index < -0.39 is 69.7 Å². The number of aryl methyl sites for hydroxylation is 1. The Morgan fingerprint density at radius 3 is 2.51 bits per heavy atom. The Kier molecular flexibility index (Phi) is 11.2. The molecule has 0 bridgehead atoms. The maximum atomic E-state index is 13.7. The highest BCUT2D eigenvalue weighted by Crippen LogP contribution is 2.41. The number of carboxylic acid groups (broad SMARTS) is 1. The zero-order valence-electron chi connectivity index (χ0n) is 29.5. The molecule has 5 heterocycles. The number of hydroxylamine groups is 1. The highest BCUT2D eigenvalue weighted by atomic mass is 32.2. The summed E-state index contributed by atoms with van der Waals surface area (Å²) in [6.45, 7) is 4.23. The number of carbonyl (C=O) groups is 6. The number of carboxylic acids is 1. The number of β-lactam (4-membered cyclic amide) rings is 1. The third kappa shape index (κ3) is 8.23. The van der Waals surface area contributed by atoms with Gasteiger partial charge in [0.2, 0.25) is 11.4 Å². The first-order valence-corrected chi connectivity index (χ1v) is 19.0. The highest BCUT2D eigenvalue weighted by molar-refractivity contribution is 8.01. The molecule has 2 atom stereocenters. The van der Waals surface area contributed by atoms with Crippen LogP contribution in [0.5, 0.6) is 11.5 Å². The zero-order valence-corrected chi connectivity index (χ0v) is 32.0. The summed E-state index contributed by atoms with van der Waals surface area (Å²) >= 11 is 3.32. The number of hydrogen-bond acceptors (Lipinski definition) is 19. The molecule has 0 unspecified atom stereocenters. The fraction of sp³-hybridized carbons (Fsp3) is 0.258. The molecule has 5 amide bonds. The Hall–Kier alpha value is -6.51. The standard InChI is InChI=1S/C31H30N12O11S3/c1-11-6-17(43-30(33-11)36-21(39-43)24(48)40-53)55-8-13-9-56-26-19(25(49)42(26)20(13)27(50)51)35-23(47)18(14-10-57-29(32)34-14)41-54-31(2,3)28(52)38-37-22(46)12-4-5-15(44)16(45)7-12/h4-7,10,19,26,44-45,53H,8-9H2,1-3H3,(H2,32,34)(H,35,47)(H,37,46)(H,38,52)(H,40,48)(H,50,51)/t19-,26-/m1/s1. The van der Waals surface area contributed by atoms with Crippen molar-refractivity contribution in [2.75, 3.05) is 17.2 Å². The SMILES string of the molecule is Cc1cc(SCC2=C(C(=O)O)N3C(=O)[C@@H](NC(=O)C(=NOC(C)(C)C(=O)NNC(=O)c4ccc(O)c(O)c4)c4csc(N)n4)[C@H]3SC2)n2nc(C(=O)NO)nc2n1. The molecule has 1 saturated heterocycles. The quantitative estimate of drug-likeness (QED) is 0.0165. The Bertz CT molecular complexity index is 2410. The highest BCUT2D eigenvalue weighted by Gasteiger charge is 2.54. The lowest BCUT2D eigenvalue weighted by Crippen LogP contribution is -2.71. The molecule has 10 N–H and O–H groups in total. The Morgan fingerprint density at radius 2 is 1.84 bits per heavy atom. The van der Waals surface area contributed by atoms with Gasteiger partial charge in [-0.25, -0.2) is 20.2 Å². The van der Waals surface area contributed by atoms with E-state index in [0.717, 1.165) is 40.1 Å². The van der Waals surface area contributed by atoms with Crippen molar-refractivity contribution in [3.05, 3.63) is 63.7 Å². The van der Waals surface area contributed by atoms with Crippen LogP contribution in [0.1, 0.15) is 46.2 Å². The van der Waals surface area contributed by atoms with Crippen molar-refractivity contribution in [2.24, 2.45) is 5.16 Å². The molecule has 0 aliphatic carbocycles. The molecule has 26 heteroatoms. The first-order chi connectivity index (χ1) is 27.0. The number of hydrogen-bond donors (Lipinski definition) is 9. The van der Waals surface area contributed by atoms with E-state index in [1.807, 2.05) is 0 Å². The molecule has 2 aliphatic rings. The molecule has 3 aromatic heterocycles. The van der Waals surface area contributed by atoms with Gasteiger partial charge in [-0.05, 0) is 50.6 Å². The van der Waals surface area contributed by atoms with Crippen molar-refractivity contribution < 1.29 is 54.1 Å². The van der Waals surface area contributed by atoms with Crippen LogP contribution in [0.2, 0.25) is 0 Å². The average molecular weight is 843 g/mol. The number of aromatic nitrogens is 5. The number of phenolic OH excluding ortho intramolecular Hbond substituents is 2. The number of nitrogens with two attached hydrogens (primary N) is 1. The number of nitrogens with one attached hydrogen (secondary N) is 4. The molecule has 0 radical (unpaired) electrons. The lowest BCUT2D eigenvalue weighted by molar-refractivity contribution is -0.150. The molecular formula is C31H30N12O11S3. The molecule has 0 spiro atoms. The van der Waals surface area contributed by atoms with Gasteiger partial charge in [0.1, 0.15) is 27.8 Å². The van der Waals surface area contributed by atoms with Crippen LogP contribution in [0.25, 0.3) is 5.78 Å². The van der Waals surface area contributed by atoms with Crippen molar-refractivity contribution in [3.63, 3.8) is 0 Å². The van der Waals surface area contributed by atoms with E-state index in [1.165, 1.54) is 47.1 Å². The van der Waals surface area contributed by atoms with Gasteiger partial charge in [0.25, 0.3) is 29.4 Å². The minimum absolute atomic E-state index is 0.0587.